The van der Waals surface area contributed by atoms with Crippen LogP contribution in [0.3, 0.4) is 0 Å². The molecule has 7 heteroatoms. The number of amides is 1. The van der Waals surface area contributed by atoms with E-state index in [9.17, 15) is 13.2 Å². The molecule has 6 nitrogen and oxygen atoms in total. The van der Waals surface area contributed by atoms with E-state index < -0.39 is 9.84 Å². The maximum atomic E-state index is 11.4. The van der Waals surface area contributed by atoms with Gasteiger partial charge in [0.25, 0.3) is 0 Å². The van der Waals surface area contributed by atoms with Gasteiger partial charge in [0.2, 0.25) is 5.91 Å². The van der Waals surface area contributed by atoms with Crippen molar-refractivity contribution in [3.8, 4) is 5.75 Å². The van der Waals surface area contributed by atoms with Gasteiger partial charge in [0, 0.05) is 12.7 Å². The predicted octanol–water partition coefficient (Wildman–Crippen LogP) is 0.585. The van der Waals surface area contributed by atoms with Crippen LogP contribution in [0.25, 0.3) is 0 Å². The highest BCUT2D eigenvalue weighted by molar-refractivity contribution is 7.90. The zero-order valence-electron chi connectivity index (χ0n) is 12.4. The predicted molar refractivity (Wildman–Crippen MR) is 81.2 cm³/mol. The molecule has 1 aromatic rings. The molecule has 1 amide bonds. The molecule has 0 spiro atoms. The molecule has 1 aromatic carbocycles. The summed E-state index contributed by atoms with van der Waals surface area (Å²) < 4.78 is 28.0. The molecule has 21 heavy (non-hydrogen) atoms. The Balaban J connectivity index is 2.25. The fourth-order valence-electron chi connectivity index (χ4n) is 1.66. The molecule has 0 bridgehead atoms. The molecule has 118 valence electrons. The van der Waals surface area contributed by atoms with Crippen LogP contribution < -0.4 is 15.4 Å². The van der Waals surface area contributed by atoms with Crippen LogP contribution in [-0.2, 0) is 14.6 Å². The summed E-state index contributed by atoms with van der Waals surface area (Å²) in [6, 6.07) is 6.21. The molecule has 0 atom stereocenters. The number of hydrogen-bond donors (Lipinski definition) is 2. The van der Waals surface area contributed by atoms with Gasteiger partial charge in [-0.1, -0.05) is 0 Å². The van der Waals surface area contributed by atoms with Gasteiger partial charge in [-0.05, 0) is 44.3 Å². The molecule has 0 aliphatic carbocycles. The molecule has 0 aliphatic heterocycles. The van der Waals surface area contributed by atoms with Gasteiger partial charge in [-0.15, -0.1) is 0 Å². The summed E-state index contributed by atoms with van der Waals surface area (Å²) in [5.41, 5.74) is 0. The second kappa shape index (κ2) is 8.63. The molecule has 0 aromatic heterocycles. The molecule has 0 saturated carbocycles. The van der Waals surface area contributed by atoms with E-state index in [4.69, 9.17) is 4.74 Å². The number of hydrogen-bond acceptors (Lipinski definition) is 5. The summed E-state index contributed by atoms with van der Waals surface area (Å²) in [5, 5.41) is 5.74. The Labute approximate surface area is 125 Å². The SMILES string of the molecule is CNCCCC(=O)NCCOc1ccc(S(C)(=O)=O)cc1. The lowest BCUT2D eigenvalue weighted by Gasteiger charge is -2.08. The molecule has 0 fully saturated rings. The van der Waals surface area contributed by atoms with Crippen LogP contribution in [0.5, 0.6) is 5.75 Å². The Morgan fingerprint density at radius 2 is 1.86 bits per heavy atom. The third-order valence-corrected chi connectivity index (χ3v) is 3.90. The topological polar surface area (TPSA) is 84.5 Å². The summed E-state index contributed by atoms with van der Waals surface area (Å²) in [5.74, 6) is 0.577. The first-order chi connectivity index (χ1) is 9.93. The average molecular weight is 314 g/mol. The monoisotopic (exact) mass is 314 g/mol. The molecule has 1 rings (SSSR count). The third kappa shape index (κ3) is 7.10. The van der Waals surface area contributed by atoms with Crippen molar-refractivity contribution in [1.29, 1.82) is 0 Å². The number of rotatable bonds is 9. The standard InChI is InChI=1S/C14H22N2O4S/c1-15-9-3-4-14(17)16-10-11-20-12-5-7-13(8-6-12)21(2,18)19/h5-8,15H,3-4,9-11H2,1-2H3,(H,16,17). The van der Waals surface area contributed by atoms with E-state index in [-0.39, 0.29) is 10.8 Å². The highest BCUT2D eigenvalue weighted by Crippen LogP contribution is 2.15. The van der Waals surface area contributed by atoms with Gasteiger partial charge < -0.3 is 15.4 Å². The first-order valence-corrected chi connectivity index (χ1v) is 8.67. The van der Waals surface area contributed by atoms with Crippen molar-refractivity contribution < 1.29 is 17.9 Å². The van der Waals surface area contributed by atoms with Crippen LogP contribution in [-0.4, -0.2) is 47.3 Å². The minimum absolute atomic E-state index is 0.00118. The first kappa shape index (κ1) is 17.5. The Bertz CT molecular complexity index is 541. The maximum Gasteiger partial charge on any atom is 0.220 e. The second-order valence-corrected chi connectivity index (χ2v) is 6.66. The van der Waals surface area contributed by atoms with Crippen molar-refractivity contribution in [2.75, 3.05) is 33.0 Å². The van der Waals surface area contributed by atoms with Crippen LogP contribution in [0.2, 0.25) is 0 Å². The molecule has 0 saturated heterocycles. The van der Waals surface area contributed by atoms with Gasteiger partial charge in [-0.3, -0.25) is 4.79 Å². The van der Waals surface area contributed by atoms with E-state index >= 15 is 0 Å². The zero-order valence-corrected chi connectivity index (χ0v) is 13.2. The summed E-state index contributed by atoms with van der Waals surface area (Å²) in [4.78, 5) is 11.7. The Hall–Kier alpha value is -1.60. The quantitative estimate of drug-likeness (QED) is 0.652. The van der Waals surface area contributed by atoms with Crippen LogP contribution in [0.1, 0.15) is 12.8 Å². The van der Waals surface area contributed by atoms with Crippen molar-refractivity contribution in [2.45, 2.75) is 17.7 Å². The van der Waals surface area contributed by atoms with Crippen LogP contribution in [0.15, 0.2) is 29.2 Å². The van der Waals surface area contributed by atoms with E-state index in [0.29, 0.717) is 25.3 Å². The number of carbonyl (C=O) groups excluding carboxylic acids is 1. The Kier molecular flexibility index (Phi) is 7.18. The minimum Gasteiger partial charge on any atom is -0.492 e. The Morgan fingerprint density at radius 3 is 2.43 bits per heavy atom. The number of ether oxygens (including phenoxy) is 1. The van der Waals surface area contributed by atoms with Crippen molar-refractivity contribution in [2.24, 2.45) is 0 Å². The molecule has 2 N–H and O–H groups in total. The summed E-state index contributed by atoms with van der Waals surface area (Å²) in [6.07, 6.45) is 2.45. The van der Waals surface area contributed by atoms with Crippen LogP contribution in [0.4, 0.5) is 0 Å². The van der Waals surface area contributed by atoms with E-state index in [1.165, 1.54) is 12.1 Å². The lowest BCUT2D eigenvalue weighted by Crippen LogP contribution is -2.28. The largest absolute Gasteiger partial charge is 0.492 e. The van der Waals surface area contributed by atoms with Crippen LogP contribution in [0, 0.1) is 0 Å². The van der Waals surface area contributed by atoms with Crippen molar-refractivity contribution in [3.63, 3.8) is 0 Å². The zero-order chi connectivity index (χ0) is 15.7. The number of sulfone groups is 1. The van der Waals surface area contributed by atoms with Gasteiger partial charge in [-0.25, -0.2) is 8.42 Å². The Morgan fingerprint density at radius 1 is 1.19 bits per heavy atom. The van der Waals surface area contributed by atoms with Gasteiger partial charge in [0.1, 0.15) is 12.4 Å². The van der Waals surface area contributed by atoms with Crippen LogP contribution >= 0.6 is 0 Å². The van der Waals surface area contributed by atoms with Gasteiger partial charge in [-0.2, -0.15) is 0 Å². The molecular formula is C14H22N2O4S. The smallest absolute Gasteiger partial charge is 0.220 e. The van der Waals surface area contributed by atoms with Gasteiger partial charge in [0.05, 0.1) is 11.4 Å². The number of benzene rings is 1. The summed E-state index contributed by atoms with van der Waals surface area (Å²) >= 11 is 0. The summed E-state index contributed by atoms with van der Waals surface area (Å²) in [6.45, 7) is 1.58. The highest BCUT2D eigenvalue weighted by atomic mass is 32.2. The van der Waals surface area contributed by atoms with Crippen molar-refractivity contribution in [1.82, 2.24) is 10.6 Å². The van der Waals surface area contributed by atoms with E-state index in [0.717, 1.165) is 19.2 Å². The van der Waals surface area contributed by atoms with Gasteiger partial charge in [0.15, 0.2) is 9.84 Å². The molecule has 0 unspecified atom stereocenters. The minimum atomic E-state index is -3.18. The van der Waals surface area contributed by atoms with E-state index in [2.05, 4.69) is 10.6 Å². The third-order valence-electron chi connectivity index (χ3n) is 2.78. The van der Waals surface area contributed by atoms with Crippen molar-refractivity contribution in [3.05, 3.63) is 24.3 Å². The first-order valence-electron chi connectivity index (χ1n) is 6.77. The summed E-state index contributed by atoms with van der Waals surface area (Å²) in [7, 11) is -1.34. The normalized spacial score (nSPS) is 11.1. The molecule has 0 heterocycles. The highest BCUT2D eigenvalue weighted by Gasteiger charge is 2.06. The lowest BCUT2D eigenvalue weighted by atomic mass is 10.3. The number of nitrogens with one attached hydrogen (secondary N) is 2. The molecule has 0 aliphatic rings. The molecule has 0 radical (unpaired) electrons. The van der Waals surface area contributed by atoms with E-state index in [1.54, 1.807) is 12.1 Å². The second-order valence-electron chi connectivity index (χ2n) is 4.65. The fraction of sp³-hybridized carbons (Fsp3) is 0.500. The number of carbonyl (C=O) groups is 1. The van der Waals surface area contributed by atoms with E-state index in [1.807, 2.05) is 7.05 Å². The molecular weight excluding hydrogens is 292 g/mol. The average Bonchev–Trinajstić information content (AvgIpc) is 2.43. The van der Waals surface area contributed by atoms with Crippen molar-refractivity contribution >= 4 is 15.7 Å². The lowest BCUT2D eigenvalue weighted by molar-refractivity contribution is -0.121. The fourth-order valence-corrected chi connectivity index (χ4v) is 2.29. The maximum absolute atomic E-state index is 11.4. The van der Waals surface area contributed by atoms with Gasteiger partial charge >= 0.3 is 0 Å².